The lowest BCUT2D eigenvalue weighted by molar-refractivity contribution is -0.118. The average Bonchev–Trinajstić information content (AvgIpc) is 1.96. The quantitative estimate of drug-likeness (QED) is 0.670. The molecule has 0 aliphatic rings. The molecule has 0 aromatic rings. The van der Waals surface area contributed by atoms with Gasteiger partial charge in [-0.1, -0.05) is 19.9 Å². The molecule has 0 atom stereocenters. The molecule has 76 valence electrons. The van der Waals surface area contributed by atoms with Crippen LogP contribution in [0, 0.1) is 0 Å². The molecule has 13 heavy (non-hydrogen) atoms. The minimum Gasteiger partial charge on any atom is -0.348 e. The summed E-state index contributed by atoms with van der Waals surface area (Å²) in [6.07, 6.45) is 3.71. The van der Waals surface area contributed by atoms with Crippen molar-refractivity contribution in [3.8, 4) is 0 Å². The number of carbonyl (C=O) groups is 1. The summed E-state index contributed by atoms with van der Waals surface area (Å²) in [6, 6.07) is 0. The Kier molecular flexibility index (Phi) is 4.74. The highest BCUT2D eigenvalue weighted by atomic mass is 16.1. The summed E-state index contributed by atoms with van der Waals surface area (Å²) in [4.78, 5) is 11.6. The van der Waals surface area contributed by atoms with Gasteiger partial charge in [0.25, 0.3) is 0 Å². The molecule has 0 bridgehead atoms. The minimum absolute atomic E-state index is 0.0665. The third kappa shape index (κ3) is 5.45. The Morgan fingerprint density at radius 2 is 1.85 bits per heavy atom. The maximum atomic E-state index is 11.6. The molecule has 0 aliphatic heterocycles. The fourth-order valence-electron chi connectivity index (χ4n) is 1.06. The van der Waals surface area contributed by atoms with Crippen LogP contribution in [0.3, 0.4) is 0 Å². The lowest BCUT2D eigenvalue weighted by Gasteiger charge is -2.21. The van der Waals surface area contributed by atoms with E-state index in [1.807, 2.05) is 40.7 Å². The molecule has 0 aromatic heterocycles. The van der Waals surface area contributed by atoms with Gasteiger partial charge in [-0.05, 0) is 33.6 Å². The zero-order valence-electron chi connectivity index (χ0n) is 9.40. The first kappa shape index (κ1) is 12.2. The van der Waals surface area contributed by atoms with E-state index in [4.69, 9.17) is 0 Å². The van der Waals surface area contributed by atoms with E-state index >= 15 is 0 Å². The standard InChI is InChI=1S/C11H21NO/c1-6-8-9(7-2)10(13)12-11(3,4)5/h8H,6-7H2,1-5H3,(H,12,13)/b9-8+. The minimum atomic E-state index is -0.140. The summed E-state index contributed by atoms with van der Waals surface area (Å²) in [7, 11) is 0. The van der Waals surface area contributed by atoms with Crippen molar-refractivity contribution < 1.29 is 4.79 Å². The van der Waals surface area contributed by atoms with E-state index < -0.39 is 0 Å². The van der Waals surface area contributed by atoms with Gasteiger partial charge in [0.1, 0.15) is 0 Å². The normalized spacial score (nSPS) is 12.8. The number of allylic oxidation sites excluding steroid dienone is 1. The summed E-state index contributed by atoms with van der Waals surface area (Å²) in [5, 5.41) is 2.95. The van der Waals surface area contributed by atoms with E-state index in [1.165, 1.54) is 0 Å². The molecule has 0 heterocycles. The van der Waals surface area contributed by atoms with Crippen LogP contribution in [0.5, 0.6) is 0 Å². The number of rotatable bonds is 3. The molecule has 0 aromatic carbocycles. The second-order valence-electron chi connectivity index (χ2n) is 4.20. The molecule has 0 saturated heterocycles. The van der Waals surface area contributed by atoms with Gasteiger partial charge < -0.3 is 5.32 Å². The van der Waals surface area contributed by atoms with E-state index in [0.29, 0.717) is 0 Å². The Morgan fingerprint density at radius 3 is 2.15 bits per heavy atom. The lowest BCUT2D eigenvalue weighted by Crippen LogP contribution is -2.41. The van der Waals surface area contributed by atoms with Crippen LogP contribution in [0.25, 0.3) is 0 Å². The number of hydrogen-bond donors (Lipinski definition) is 1. The molecule has 0 aliphatic carbocycles. The van der Waals surface area contributed by atoms with Crippen molar-refractivity contribution in [3.05, 3.63) is 11.6 Å². The highest BCUT2D eigenvalue weighted by Gasteiger charge is 2.15. The summed E-state index contributed by atoms with van der Waals surface area (Å²) >= 11 is 0. The Labute approximate surface area is 81.4 Å². The molecule has 2 nitrogen and oxygen atoms in total. The molecule has 0 unspecified atom stereocenters. The highest BCUT2D eigenvalue weighted by molar-refractivity contribution is 5.93. The van der Waals surface area contributed by atoms with Crippen molar-refractivity contribution in [2.24, 2.45) is 0 Å². The lowest BCUT2D eigenvalue weighted by atomic mass is 10.1. The number of amides is 1. The smallest absolute Gasteiger partial charge is 0.247 e. The molecule has 0 fully saturated rings. The number of hydrogen-bond acceptors (Lipinski definition) is 1. The summed E-state index contributed by atoms with van der Waals surface area (Å²) in [5.74, 6) is 0.0665. The number of carbonyl (C=O) groups excluding carboxylic acids is 1. The number of nitrogens with one attached hydrogen (secondary N) is 1. The van der Waals surface area contributed by atoms with Crippen LogP contribution >= 0.6 is 0 Å². The van der Waals surface area contributed by atoms with E-state index in [-0.39, 0.29) is 11.4 Å². The van der Waals surface area contributed by atoms with Gasteiger partial charge in [-0.3, -0.25) is 4.79 Å². The van der Waals surface area contributed by atoms with Crippen LogP contribution in [0.4, 0.5) is 0 Å². The van der Waals surface area contributed by atoms with Crippen LogP contribution in [0.1, 0.15) is 47.5 Å². The fraction of sp³-hybridized carbons (Fsp3) is 0.727. The molecule has 0 saturated carbocycles. The van der Waals surface area contributed by atoms with Gasteiger partial charge in [0.2, 0.25) is 5.91 Å². The van der Waals surface area contributed by atoms with Crippen LogP contribution in [-0.2, 0) is 4.79 Å². The summed E-state index contributed by atoms with van der Waals surface area (Å²) in [6.45, 7) is 10.0. The van der Waals surface area contributed by atoms with Crippen LogP contribution in [0.2, 0.25) is 0 Å². The van der Waals surface area contributed by atoms with Gasteiger partial charge in [-0.2, -0.15) is 0 Å². The van der Waals surface area contributed by atoms with Gasteiger partial charge in [-0.15, -0.1) is 0 Å². The predicted molar refractivity (Wildman–Crippen MR) is 56.6 cm³/mol. The third-order valence-corrected chi connectivity index (χ3v) is 1.61. The molecule has 1 amide bonds. The Bertz CT molecular complexity index is 199. The van der Waals surface area contributed by atoms with Crippen molar-refractivity contribution in [2.75, 3.05) is 0 Å². The Morgan fingerprint density at radius 1 is 1.31 bits per heavy atom. The molecule has 2 heteroatoms. The van der Waals surface area contributed by atoms with E-state index in [2.05, 4.69) is 5.32 Å². The summed E-state index contributed by atoms with van der Waals surface area (Å²) in [5.41, 5.74) is 0.747. The first-order chi connectivity index (χ1) is 5.90. The monoisotopic (exact) mass is 183 g/mol. The van der Waals surface area contributed by atoms with Gasteiger partial charge >= 0.3 is 0 Å². The molecular weight excluding hydrogens is 162 g/mol. The molecule has 0 rings (SSSR count). The second-order valence-corrected chi connectivity index (χ2v) is 4.20. The second kappa shape index (κ2) is 5.05. The average molecular weight is 183 g/mol. The van der Waals surface area contributed by atoms with Gasteiger partial charge in [0, 0.05) is 11.1 Å². The first-order valence-corrected chi connectivity index (χ1v) is 4.92. The topological polar surface area (TPSA) is 29.1 Å². The van der Waals surface area contributed by atoms with Gasteiger partial charge in [0.05, 0.1) is 0 Å². The van der Waals surface area contributed by atoms with Crippen molar-refractivity contribution in [3.63, 3.8) is 0 Å². The van der Waals surface area contributed by atoms with Gasteiger partial charge in [-0.25, -0.2) is 0 Å². The Hall–Kier alpha value is -0.790. The maximum Gasteiger partial charge on any atom is 0.247 e. The Balaban J connectivity index is 4.32. The van der Waals surface area contributed by atoms with Crippen LogP contribution < -0.4 is 5.32 Å². The molecular formula is C11H21NO. The van der Waals surface area contributed by atoms with Crippen molar-refractivity contribution >= 4 is 5.91 Å². The highest BCUT2D eigenvalue weighted by Crippen LogP contribution is 2.06. The zero-order chi connectivity index (χ0) is 10.5. The summed E-state index contributed by atoms with van der Waals surface area (Å²) < 4.78 is 0. The molecule has 0 spiro atoms. The van der Waals surface area contributed by atoms with Crippen molar-refractivity contribution in [2.45, 2.75) is 53.0 Å². The van der Waals surface area contributed by atoms with Crippen LogP contribution in [0.15, 0.2) is 11.6 Å². The largest absolute Gasteiger partial charge is 0.348 e. The van der Waals surface area contributed by atoms with Crippen LogP contribution in [-0.4, -0.2) is 11.4 Å². The molecule has 0 radical (unpaired) electrons. The third-order valence-electron chi connectivity index (χ3n) is 1.61. The van der Waals surface area contributed by atoms with Gasteiger partial charge in [0.15, 0.2) is 0 Å². The maximum absolute atomic E-state index is 11.6. The fourth-order valence-corrected chi connectivity index (χ4v) is 1.06. The molecule has 1 N–H and O–H groups in total. The van der Waals surface area contributed by atoms with E-state index in [0.717, 1.165) is 18.4 Å². The predicted octanol–water partition coefficient (Wildman–Crippen LogP) is 2.65. The SMILES string of the molecule is CC/C=C(\CC)C(=O)NC(C)(C)C. The zero-order valence-corrected chi connectivity index (χ0v) is 9.40. The first-order valence-electron chi connectivity index (χ1n) is 4.92. The van der Waals surface area contributed by atoms with Crippen molar-refractivity contribution in [1.82, 2.24) is 5.32 Å². The van der Waals surface area contributed by atoms with E-state index in [9.17, 15) is 4.79 Å². The van der Waals surface area contributed by atoms with Crippen molar-refractivity contribution in [1.29, 1.82) is 0 Å². The van der Waals surface area contributed by atoms with E-state index in [1.54, 1.807) is 0 Å².